The van der Waals surface area contributed by atoms with Gasteiger partial charge in [-0.15, -0.1) is 0 Å². The second-order valence-electron chi connectivity index (χ2n) is 3.41. The molecule has 0 bridgehead atoms. The van der Waals surface area contributed by atoms with E-state index in [1.807, 2.05) is 12.1 Å². The van der Waals surface area contributed by atoms with Crippen molar-refractivity contribution in [2.24, 2.45) is 0 Å². The number of hydrogen-bond donors (Lipinski definition) is 3. The van der Waals surface area contributed by atoms with Crippen LogP contribution in [0.1, 0.15) is 18.5 Å². The highest BCUT2D eigenvalue weighted by molar-refractivity contribution is 5.77. The zero-order chi connectivity index (χ0) is 11.4. The number of esters is 1. The summed E-state index contributed by atoms with van der Waals surface area (Å²) in [6.07, 6.45) is 3.41. The first-order valence-corrected chi connectivity index (χ1v) is 5.15. The number of pyridine rings is 1. The number of nitrogens with one attached hydrogen (secondary N) is 3. The molecule has 1 aliphatic heterocycles. The Bertz CT molecular complexity index is 357. The van der Waals surface area contributed by atoms with Crippen LogP contribution in [0.25, 0.3) is 0 Å². The van der Waals surface area contributed by atoms with Gasteiger partial charge in [0.1, 0.15) is 6.04 Å². The van der Waals surface area contributed by atoms with Crippen LogP contribution in [0.4, 0.5) is 0 Å². The van der Waals surface area contributed by atoms with Crippen LogP contribution >= 0.6 is 0 Å². The maximum Gasteiger partial charge on any atom is 0.326 e. The largest absolute Gasteiger partial charge is 0.465 e. The van der Waals surface area contributed by atoms with E-state index in [0.717, 1.165) is 5.56 Å². The topological polar surface area (TPSA) is 75.3 Å². The van der Waals surface area contributed by atoms with E-state index in [4.69, 9.17) is 4.74 Å². The lowest BCUT2D eigenvalue weighted by molar-refractivity contribution is -0.145. The minimum Gasteiger partial charge on any atom is -0.465 e. The summed E-state index contributed by atoms with van der Waals surface area (Å²) >= 11 is 0. The summed E-state index contributed by atoms with van der Waals surface area (Å²) in [4.78, 5) is 15.7. The Hall–Kier alpha value is -1.50. The van der Waals surface area contributed by atoms with Crippen LogP contribution in [-0.2, 0) is 9.53 Å². The molecule has 1 aromatic heterocycles. The summed E-state index contributed by atoms with van der Waals surface area (Å²) in [5.74, 6) is -0.283. The molecule has 0 aliphatic carbocycles. The molecule has 2 unspecified atom stereocenters. The maximum atomic E-state index is 11.6. The van der Waals surface area contributed by atoms with Gasteiger partial charge in [0.25, 0.3) is 0 Å². The van der Waals surface area contributed by atoms with Crippen molar-refractivity contribution in [3.8, 4) is 0 Å². The molecule has 0 saturated carbocycles. The van der Waals surface area contributed by atoms with Crippen molar-refractivity contribution in [1.82, 2.24) is 21.4 Å². The third-order valence-electron chi connectivity index (χ3n) is 2.37. The number of carbonyl (C=O) groups is 1. The van der Waals surface area contributed by atoms with Crippen molar-refractivity contribution in [2.45, 2.75) is 19.0 Å². The summed E-state index contributed by atoms with van der Waals surface area (Å²) in [5.41, 5.74) is 9.45. The number of nitrogens with zero attached hydrogens (tertiary/aromatic N) is 1. The Kier molecular flexibility index (Phi) is 3.45. The number of ether oxygens (including phenoxy) is 1. The molecule has 1 saturated heterocycles. The highest BCUT2D eigenvalue weighted by Gasteiger charge is 2.34. The fourth-order valence-corrected chi connectivity index (χ4v) is 1.63. The van der Waals surface area contributed by atoms with Gasteiger partial charge in [-0.3, -0.25) is 9.78 Å². The van der Waals surface area contributed by atoms with Crippen LogP contribution in [-0.4, -0.2) is 23.6 Å². The van der Waals surface area contributed by atoms with E-state index in [-0.39, 0.29) is 12.0 Å². The van der Waals surface area contributed by atoms with Crippen LogP contribution in [0.15, 0.2) is 24.5 Å². The molecule has 1 fully saturated rings. The Balaban J connectivity index is 2.12. The van der Waals surface area contributed by atoms with Crippen LogP contribution in [0, 0.1) is 0 Å². The van der Waals surface area contributed by atoms with Crippen LogP contribution in [0.5, 0.6) is 0 Å². The van der Waals surface area contributed by atoms with Crippen molar-refractivity contribution in [1.29, 1.82) is 0 Å². The monoisotopic (exact) mass is 222 g/mol. The number of aromatic nitrogens is 1. The van der Waals surface area contributed by atoms with E-state index in [2.05, 4.69) is 21.4 Å². The molecule has 0 aromatic carbocycles. The second-order valence-corrected chi connectivity index (χ2v) is 3.41. The van der Waals surface area contributed by atoms with Gasteiger partial charge in [0.15, 0.2) is 0 Å². The molecule has 1 aliphatic rings. The minimum absolute atomic E-state index is 0.173. The molecule has 16 heavy (non-hydrogen) atoms. The summed E-state index contributed by atoms with van der Waals surface area (Å²) in [6.45, 7) is 2.16. The van der Waals surface area contributed by atoms with Gasteiger partial charge in [0, 0.05) is 12.4 Å². The van der Waals surface area contributed by atoms with Crippen LogP contribution in [0.3, 0.4) is 0 Å². The predicted octanol–water partition coefficient (Wildman–Crippen LogP) is -0.333. The SMILES string of the molecule is CCOC(=O)C1NNNC1c1cccnc1. The van der Waals surface area contributed by atoms with Gasteiger partial charge in [-0.2, -0.15) is 5.53 Å². The van der Waals surface area contributed by atoms with E-state index < -0.39 is 6.04 Å². The van der Waals surface area contributed by atoms with Gasteiger partial charge in [-0.05, 0) is 18.6 Å². The highest BCUT2D eigenvalue weighted by Crippen LogP contribution is 2.18. The molecule has 2 heterocycles. The molecule has 1 aromatic rings. The number of carbonyl (C=O) groups excluding carboxylic acids is 1. The lowest BCUT2D eigenvalue weighted by atomic mass is 10.0. The van der Waals surface area contributed by atoms with E-state index in [9.17, 15) is 4.79 Å². The quantitative estimate of drug-likeness (QED) is 0.608. The molecule has 2 rings (SSSR count). The lowest BCUT2D eigenvalue weighted by Crippen LogP contribution is -2.39. The van der Waals surface area contributed by atoms with Gasteiger partial charge in [0.2, 0.25) is 0 Å². The zero-order valence-corrected chi connectivity index (χ0v) is 8.93. The molecule has 0 spiro atoms. The molecule has 3 N–H and O–H groups in total. The highest BCUT2D eigenvalue weighted by atomic mass is 16.5. The van der Waals surface area contributed by atoms with E-state index >= 15 is 0 Å². The van der Waals surface area contributed by atoms with Crippen molar-refractivity contribution in [3.63, 3.8) is 0 Å². The fourth-order valence-electron chi connectivity index (χ4n) is 1.63. The molecule has 2 atom stereocenters. The first-order chi connectivity index (χ1) is 7.83. The smallest absolute Gasteiger partial charge is 0.326 e. The van der Waals surface area contributed by atoms with Gasteiger partial charge in [-0.1, -0.05) is 6.07 Å². The lowest BCUT2D eigenvalue weighted by Gasteiger charge is -2.16. The molecular weight excluding hydrogens is 208 g/mol. The van der Waals surface area contributed by atoms with E-state index in [1.165, 1.54) is 0 Å². The van der Waals surface area contributed by atoms with Crippen LogP contribution in [0.2, 0.25) is 0 Å². The van der Waals surface area contributed by atoms with Gasteiger partial charge < -0.3 is 4.74 Å². The number of hydrogen-bond acceptors (Lipinski definition) is 6. The predicted molar refractivity (Wildman–Crippen MR) is 56.8 cm³/mol. The molecule has 0 amide bonds. The third kappa shape index (κ3) is 2.19. The number of rotatable bonds is 3. The van der Waals surface area contributed by atoms with Gasteiger partial charge in [-0.25, -0.2) is 10.9 Å². The second kappa shape index (κ2) is 5.02. The summed E-state index contributed by atoms with van der Waals surface area (Å²) in [7, 11) is 0. The summed E-state index contributed by atoms with van der Waals surface area (Å²) in [5, 5.41) is 0. The Labute approximate surface area is 93.3 Å². The summed E-state index contributed by atoms with van der Waals surface area (Å²) in [6, 6.07) is 3.13. The van der Waals surface area contributed by atoms with Crippen molar-refractivity contribution in [3.05, 3.63) is 30.1 Å². The van der Waals surface area contributed by atoms with E-state index in [0.29, 0.717) is 6.61 Å². The Morgan fingerprint density at radius 3 is 3.12 bits per heavy atom. The van der Waals surface area contributed by atoms with Gasteiger partial charge >= 0.3 is 5.97 Å². The standard InChI is InChI=1S/C10H14N4O2/c1-2-16-10(15)9-8(12-14-13-9)7-4-3-5-11-6-7/h3-6,8-9,12-14H,2H2,1H3. The normalized spacial score (nSPS) is 24.3. The average Bonchev–Trinajstić information content (AvgIpc) is 2.79. The molecule has 0 radical (unpaired) electrons. The van der Waals surface area contributed by atoms with Gasteiger partial charge in [0.05, 0.1) is 12.6 Å². The fraction of sp³-hybridized carbons (Fsp3) is 0.400. The van der Waals surface area contributed by atoms with Crippen molar-refractivity contribution >= 4 is 5.97 Å². The van der Waals surface area contributed by atoms with E-state index in [1.54, 1.807) is 19.3 Å². The minimum atomic E-state index is -0.441. The number of hydrazine groups is 2. The maximum absolute atomic E-state index is 11.6. The summed E-state index contributed by atoms with van der Waals surface area (Å²) < 4.78 is 4.98. The average molecular weight is 222 g/mol. The van der Waals surface area contributed by atoms with Crippen molar-refractivity contribution in [2.75, 3.05) is 6.61 Å². The third-order valence-corrected chi connectivity index (χ3v) is 2.37. The molecule has 86 valence electrons. The van der Waals surface area contributed by atoms with Crippen molar-refractivity contribution < 1.29 is 9.53 Å². The molecular formula is C10H14N4O2. The van der Waals surface area contributed by atoms with Crippen LogP contribution < -0.4 is 16.4 Å². The Morgan fingerprint density at radius 1 is 1.56 bits per heavy atom. The first kappa shape index (κ1) is 11.0. The molecule has 6 nitrogen and oxygen atoms in total. The zero-order valence-electron chi connectivity index (χ0n) is 8.93. The molecule has 6 heteroatoms. The first-order valence-electron chi connectivity index (χ1n) is 5.15. The Morgan fingerprint density at radius 2 is 2.44 bits per heavy atom.